The standard InChI is InChI=1S/C14H23F2NO/c1-6-12(15)13(16)14(9(2)3)17-7-10(4)18-11(5)8-17/h10-11H,6-8H2,1-5H3/b13-12-. The van der Waals surface area contributed by atoms with Crippen LogP contribution >= 0.6 is 0 Å². The Bertz CT molecular complexity index is 349. The maximum Gasteiger partial charge on any atom is 0.177 e. The van der Waals surface area contributed by atoms with Crippen LogP contribution in [0.25, 0.3) is 0 Å². The SMILES string of the molecule is CC/C(F)=C(/F)C(=C(C)C)N1CC(C)OC(C)C1. The molecule has 0 amide bonds. The van der Waals surface area contributed by atoms with Gasteiger partial charge in [-0.1, -0.05) is 6.92 Å². The van der Waals surface area contributed by atoms with Gasteiger partial charge in [-0.05, 0) is 39.7 Å². The molecule has 1 saturated heterocycles. The lowest BCUT2D eigenvalue weighted by Gasteiger charge is -2.38. The molecule has 1 rings (SSSR count). The topological polar surface area (TPSA) is 12.5 Å². The molecule has 104 valence electrons. The van der Waals surface area contributed by atoms with Crippen molar-refractivity contribution in [3.63, 3.8) is 0 Å². The van der Waals surface area contributed by atoms with E-state index in [0.717, 1.165) is 5.57 Å². The summed E-state index contributed by atoms with van der Waals surface area (Å²) in [6.07, 6.45) is 0.138. The molecule has 0 N–H and O–H groups in total. The Balaban J connectivity index is 3.05. The van der Waals surface area contributed by atoms with E-state index in [4.69, 9.17) is 4.74 Å². The number of morpholine rings is 1. The zero-order valence-electron chi connectivity index (χ0n) is 11.9. The molecule has 18 heavy (non-hydrogen) atoms. The Morgan fingerprint density at radius 1 is 1.17 bits per heavy atom. The number of rotatable bonds is 3. The highest BCUT2D eigenvalue weighted by Gasteiger charge is 2.27. The van der Waals surface area contributed by atoms with Crippen molar-refractivity contribution in [1.29, 1.82) is 0 Å². The normalized spacial score (nSPS) is 25.8. The van der Waals surface area contributed by atoms with Gasteiger partial charge >= 0.3 is 0 Å². The van der Waals surface area contributed by atoms with Crippen LogP contribution in [0.5, 0.6) is 0 Å². The van der Waals surface area contributed by atoms with Gasteiger partial charge in [0.15, 0.2) is 5.83 Å². The van der Waals surface area contributed by atoms with Crippen LogP contribution in [-0.2, 0) is 4.74 Å². The molecule has 1 fully saturated rings. The van der Waals surface area contributed by atoms with E-state index >= 15 is 0 Å². The molecular weight excluding hydrogens is 236 g/mol. The maximum absolute atomic E-state index is 14.1. The van der Waals surface area contributed by atoms with Crippen LogP contribution in [0.3, 0.4) is 0 Å². The molecule has 1 heterocycles. The van der Waals surface area contributed by atoms with Crippen LogP contribution in [0.4, 0.5) is 8.78 Å². The summed E-state index contributed by atoms with van der Waals surface area (Å²) in [4.78, 5) is 1.89. The second-order valence-corrected chi connectivity index (χ2v) is 5.08. The second-order valence-electron chi connectivity index (χ2n) is 5.08. The van der Waals surface area contributed by atoms with Crippen molar-refractivity contribution in [2.24, 2.45) is 0 Å². The van der Waals surface area contributed by atoms with Crippen molar-refractivity contribution in [3.8, 4) is 0 Å². The van der Waals surface area contributed by atoms with Crippen LogP contribution < -0.4 is 0 Å². The molecular formula is C14H23F2NO. The first-order chi connectivity index (χ1) is 8.36. The number of allylic oxidation sites excluding steroid dienone is 3. The van der Waals surface area contributed by atoms with Gasteiger partial charge in [0, 0.05) is 13.1 Å². The lowest BCUT2D eigenvalue weighted by atomic mass is 10.1. The van der Waals surface area contributed by atoms with E-state index in [1.54, 1.807) is 6.92 Å². The number of halogens is 2. The fourth-order valence-corrected chi connectivity index (χ4v) is 2.32. The molecule has 0 aliphatic carbocycles. The van der Waals surface area contributed by atoms with Crippen molar-refractivity contribution in [2.45, 2.75) is 53.2 Å². The summed E-state index contributed by atoms with van der Waals surface area (Å²) in [6.45, 7) is 10.3. The highest BCUT2D eigenvalue weighted by atomic mass is 19.2. The molecule has 2 atom stereocenters. The molecule has 0 bridgehead atoms. The molecule has 4 heteroatoms. The average Bonchev–Trinajstić information content (AvgIpc) is 2.26. The van der Waals surface area contributed by atoms with E-state index in [1.807, 2.05) is 32.6 Å². The van der Waals surface area contributed by atoms with Gasteiger partial charge in [-0.3, -0.25) is 0 Å². The Kier molecular flexibility index (Phi) is 5.32. The smallest absolute Gasteiger partial charge is 0.177 e. The summed E-state index contributed by atoms with van der Waals surface area (Å²) < 4.78 is 33.2. The number of ether oxygens (including phenoxy) is 1. The molecule has 0 aromatic rings. The Morgan fingerprint density at radius 2 is 1.67 bits per heavy atom. The summed E-state index contributed by atoms with van der Waals surface area (Å²) in [5.74, 6) is -1.41. The molecule has 1 aliphatic heterocycles. The molecule has 1 aliphatic rings. The molecule has 2 nitrogen and oxygen atoms in total. The Morgan fingerprint density at radius 3 is 2.06 bits per heavy atom. The van der Waals surface area contributed by atoms with E-state index in [-0.39, 0.29) is 18.6 Å². The average molecular weight is 259 g/mol. The molecule has 0 saturated carbocycles. The predicted octanol–water partition coefficient (Wildman–Crippen LogP) is 3.95. The minimum absolute atomic E-state index is 0.0283. The third kappa shape index (κ3) is 3.55. The van der Waals surface area contributed by atoms with Gasteiger partial charge in [0.25, 0.3) is 0 Å². The third-order valence-electron chi connectivity index (χ3n) is 2.97. The van der Waals surface area contributed by atoms with E-state index in [2.05, 4.69) is 0 Å². The summed E-state index contributed by atoms with van der Waals surface area (Å²) in [5, 5.41) is 0. The monoisotopic (exact) mass is 259 g/mol. The quantitative estimate of drug-likeness (QED) is 0.712. The summed E-state index contributed by atoms with van der Waals surface area (Å²) in [5.41, 5.74) is 1.17. The lowest BCUT2D eigenvalue weighted by Crippen LogP contribution is -2.45. The van der Waals surface area contributed by atoms with Crippen molar-refractivity contribution >= 4 is 0 Å². The van der Waals surface area contributed by atoms with E-state index in [1.165, 1.54) is 0 Å². The van der Waals surface area contributed by atoms with Crippen LogP contribution in [0.2, 0.25) is 0 Å². The third-order valence-corrected chi connectivity index (χ3v) is 2.97. The molecule has 2 unspecified atom stereocenters. The van der Waals surface area contributed by atoms with Crippen molar-refractivity contribution < 1.29 is 13.5 Å². The second kappa shape index (κ2) is 6.32. The minimum atomic E-state index is -0.723. The van der Waals surface area contributed by atoms with Gasteiger partial charge in [0.05, 0.1) is 17.9 Å². The minimum Gasteiger partial charge on any atom is -0.372 e. The van der Waals surface area contributed by atoms with Gasteiger partial charge in [0.1, 0.15) is 5.83 Å². The highest BCUT2D eigenvalue weighted by Crippen LogP contribution is 2.28. The summed E-state index contributed by atoms with van der Waals surface area (Å²) in [6, 6.07) is 0. The lowest BCUT2D eigenvalue weighted by molar-refractivity contribution is -0.0580. The van der Waals surface area contributed by atoms with E-state index in [9.17, 15) is 8.78 Å². The summed E-state index contributed by atoms with van der Waals surface area (Å²) in [7, 11) is 0. The van der Waals surface area contributed by atoms with Gasteiger partial charge in [0.2, 0.25) is 0 Å². The number of hydrogen-bond acceptors (Lipinski definition) is 2. The first-order valence-corrected chi connectivity index (χ1v) is 6.49. The predicted molar refractivity (Wildman–Crippen MR) is 69.5 cm³/mol. The number of hydrogen-bond donors (Lipinski definition) is 0. The first kappa shape index (κ1) is 15.2. The Hall–Kier alpha value is -0.900. The van der Waals surface area contributed by atoms with Gasteiger partial charge in [-0.15, -0.1) is 0 Å². The van der Waals surface area contributed by atoms with E-state index in [0.29, 0.717) is 18.8 Å². The molecule has 0 aromatic heterocycles. The van der Waals surface area contributed by atoms with Crippen LogP contribution in [-0.4, -0.2) is 30.2 Å². The van der Waals surface area contributed by atoms with Gasteiger partial charge in [-0.25, -0.2) is 8.78 Å². The number of nitrogens with zero attached hydrogens (tertiary/aromatic N) is 1. The zero-order chi connectivity index (χ0) is 13.9. The largest absolute Gasteiger partial charge is 0.372 e. The summed E-state index contributed by atoms with van der Waals surface area (Å²) >= 11 is 0. The van der Waals surface area contributed by atoms with E-state index < -0.39 is 11.7 Å². The van der Waals surface area contributed by atoms with Crippen molar-refractivity contribution in [3.05, 3.63) is 22.9 Å². The van der Waals surface area contributed by atoms with Crippen molar-refractivity contribution in [2.75, 3.05) is 13.1 Å². The fourth-order valence-electron chi connectivity index (χ4n) is 2.32. The van der Waals surface area contributed by atoms with Gasteiger partial charge < -0.3 is 9.64 Å². The van der Waals surface area contributed by atoms with Crippen molar-refractivity contribution in [1.82, 2.24) is 4.90 Å². The maximum atomic E-state index is 14.1. The molecule has 0 aromatic carbocycles. The molecule has 0 spiro atoms. The van der Waals surface area contributed by atoms with Crippen LogP contribution in [0.1, 0.15) is 41.0 Å². The highest BCUT2D eigenvalue weighted by molar-refractivity contribution is 5.30. The first-order valence-electron chi connectivity index (χ1n) is 6.49. The van der Waals surface area contributed by atoms with Crippen LogP contribution in [0.15, 0.2) is 22.9 Å². The zero-order valence-corrected chi connectivity index (χ0v) is 11.9. The van der Waals surface area contributed by atoms with Gasteiger partial charge in [-0.2, -0.15) is 0 Å². The molecule has 0 radical (unpaired) electrons. The van der Waals surface area contributed by atoms with Crippen LogP contribution in [0, 0.1) is 0 Å². The fraction of sp³-hybridized carbons (Fsp3) is 0.714. The Labute approximate surface area is 108 Å².